The molecule has 2 aromatic carbocycles. The van der Waals surface area contributed by atoms with Crippen LogP contribution in [0.3, 0.4) is 0 Å². The highest BCUT2D eigenvalue weighted by molar-refractivity contribution is 7.59. The van der Waals surface area contributed by atoms with E-state index in [1.807, 2.05) is 0 Å². The van der Waals surface area contributed by atoms with Gasteiger partial charge < -0.3 is 24.1 Å². The maximum atomic E-state index is 15.8. The normalized spacial score (nSPS) is 23.8. The Balaban J connectivity index is 0.00000316. The molecule has 11 nitrogen and oxygen atoms in total. The van der Waals surface area contributed by atoms with Crippen LogP contribution in [0.25, 0.3) is 10.9 Å². The molecule has 0 spiro atoms. The van der Waals surface area contributed by atoms with E-state index < -0.39 is 52.9 Å². The molecule has 1 aliphatic carbocycles. The fraction of sp³-hybridized carbons (Fsp3) is 0.321. The number of carboxylic acids is 1. The van der Waals surface area contributed by atoms with E-state index in [0.29, 0.717) is 16.8 Å². The number of pyridine rings is 1. The number of anilines is 1. The molecule has 0 radical (unpaired) electrons. The maximum absolute atomic E-state index is 15.8. The fourth-order valence-corrected chi connectivity index (χ4v) is 6.06. The van der Waals surface area contributed by atoms with E-state index in [1.165, 1.54) is 11.7 Å². The van der Waals surface area contributed by atoms with Gasteiger partial charge >= 0.3 is 5.97 Å². The van der Waals surface area contributed by atoms with Crippen molar-refractivity contribution in [3.8, 4) is 5.75 Å². The van der Waals surface area contributed by atoms with Crippen LogP contribution >= 0.6 is 13.5 Å². The number of halogens is 2. The molecule has 1 aromatic heterocycles. The lowest BCUT2D eigenvalue weighted by atomic mass is 10.0. The summed E-state index contributed by atoms with van der Waals surface area (Å²) in [7, 11) is 1.29. The summed E-state index contributed by atoms with van der Waals surface area (Å²) in [6, 6.07) is 6.77. The molecule has 2 amide bonds. The number of carbonyl (C=O) groups is 3. The number of benzene rings is 2. The fourth-order valence-electron chi connectivity index (χ4n) is 6.06. The third kappa shape index (κ3) is 3.95. The molecule has 42 heavy (non-hydrogen) atoms. The number of nitrogens with zero attached hydrogens (tertiary/aromatic N) is 4. The smallest absolute Gasteiger partial charge is 0.341 e. The molecule has 7 rings (SSSR count). The molecule has 4 atom stereocenters. The number of amides is 2. The number of rotatable bonds is 6. The summed E-state index contributed by atoms with van der Waals surface area (Å²) in [6.07, 6.45) is -0.557. The Morgan fingerprint density at radius 2 is 1.83 bits per heavy atom. The molecule has 4 aliphatic rings. The molecule has 1 saturated carbocycles. The molecule has 0 bridgehead atoms. The van der Waals surface area contributed by atoms with Crippen molar-refractivity contribution < 1.29 is 37.8 Å². The quantitative estimate of drug-likeness (QED) is 0.429. The van der Waals surface area contributed by atoms with Gasteiger partial charge in [0.25, 0.3) is 11.8 Å². The first-order valence-corrected chi connectivity index (χ1v) is 12.9. The molecule has 1 N–H and O–H groups in total. The number of fused-ring (bicyclic) bond motifs is 3. The van der Waals surface area contributed by atoms with Gasteiger partial charge in [-0.15, -0.1) is 0 Å². The van der Waals surface area contributed by atoms with Crippen molar-refractivity contribution in [2.45, 2.75) is 24.7 Å². The number of carboxylic acid groups (broad SMARTS) is 1. The van der Waals surface area contributed by atoms with Crippen LogP contribution in [0.4, 0.5) is 14.5 Å². The summed E-state index contributed by atoms with van der Waals surface area (Å²) in [4.78, 5) is 58.8. The zero-order valence-corrected chi connectivity index (χ0v) is 23.0. The van der Waals surface area contributed by atoms with Crippen LogP contribution in [-0.4, -0.2) is 77.1 Å². The van der Waals surface area contributed by atoms with Crippen LogP contribution < -0.4 is 15.1 Å². The molecule has 2 unspecified atom stereocenters. The van der Waals surface area contributed by atoms with E-state index in [9.17, 15) is 28.7 Å². The Kier molecular flexibility index (Phi) is 6.48. The van der Waals surface area contributed by atoms with Gasteiger partial charge in [0.15, 0.2) is 17.7 Å². The number of carbonyl (C=O) groups excluding carboxylic acids is 2. The van der Waals surface area contributed by atoms with E-state index in [4.69, 9.17) is 9.57 Å². The SMILES string of the molecule is COc1c(N2CC3ON=C(CN4C(=O)c5ccccc5C4=O)C3C2)c(F)cc2c(=O)c(C(=O)O)cn([C@@H]3C[C@@H]3F)c12.S. The Morgan fingerprint density at radius 3 is 2.43 bits per heavy atom. The summed E-state index contributed by atoms with van der Waals surface area (Å²) >= 11 is 0. The van der Waals surface area contributed by atoms with Gasteiger partial charge in [-0.2, -0.15) is 13.5 Å². The standard InChI is InChI=1S/C28H22F2N4O7.H2S/c1-40-25-22-14(24(35)16(28(38)39)9-33(22)20-7-17(20)29)6-18(30)23(25)32-8-15-19(31-41-21(15)11-32)10-34-26(36)12-4-2-3-5-13(12)27(34)37;/h2-6,9,15,17,20-21H,7-8,10-11H2,1H3,(H,38,39);1H2/t15?,17-,20+,21?;/m0./s1. The van der Waals surface area contributed by atoms with Gasteiger partial charge in [-0.3, -0.25) is 19.3 Å². The number of alkyl halides is 1. The molecular weight excluding hydrogens is 574 g/mol. The molecule has 4 heterocycles. The molecule has 1 saturated heterocycles. The van der Waals surface area contributed by atoms with Crippen molar-refractivity contribution in [3.63, 3.8) is 0 Å². The van der Waals surface area contributed by atoms with Crippen molar-refractivity contribution >= 4 is 53.6 Å². The number of ether oxygens (including phenoxy) is 1. The topological polar surface area (TPSA) is 131 Å². The lowest BCUT2D eigenvalue weighted by Crippen LogP contribution is -2.38. The zero-order valence-electron chi connectivity index (χ0n) is 22.0. The van der Waals surface area contributed by atoms with Crippen molar-refractivity contribution in [3.05, 3.63) is 69.3 Å². The van der Waals surface area contributed by atoms with Crippen molar-refractivity contribution in [1.29, 1.82) is 0 Å². The van der Waals surface area contributed by atoms with Crippen LogP contribution in [0, 0.1) is 11.7 Å². The van der Waals surface area contributed by atoms with Gasteiger partial charge in [-0.1, -0.05) is 17.3 Å². The Labute approximate surface area is 243 Å². The van der Waals surface area contributed by atoms with Crippen LogP contribution in [0.1, 0.15) is 43.5 Å². The van der Waals surface area contributed by atoms with E-state index >= 15 is 4.39 Å². The Bertz CT molecular complexity index is 1760. The zero-order chi connectivity index (χ0) is 28.7. The molecule has 218 valence electrons. The predicted octanol–water partition coefficient (Wildman–Crippen LogP) is 2.73. The number of oxime groups is 1. The van der Waals surface area contributed by atoms with Crippen LogP contribution in [0.5, 0.6) is 5.75 Å². The monoisotopic (exact) mass is 598 g/mol. The van der Waals surface area contributed by atoms with Crippen LogP contribution in [0.15, 0.2) is 46.5 Å². The minimum Gasteiger partial charge on any atom is -0.492 e. The minimum absolute atomic E-state index is 0. The van der Waals surface area contributed by atoms with Gasteiger partial charge in [-0.25, -0.2) is 13.6 Å². The summed E-state index contributed by atoms with van der Waals surface area (Å²) in [5.41, 5.74) is -0.314. The highest BCUT2D eigenvalue weighted by atomic mass is 32.1. The van der Waals surface area contributed by atoms with E-state index in [1.54, 1.807) is 29.2 Å². The first-order chi connectivity index (χ1) is 19.7. The largest absolute Gasteiger partial charge is 0.492 e. The number of aromatic carboxylic acids is 1. The number of methoxy groups -OCH3 is 1. The second-order valence-electron chi connectivity index (χ2n) is 10.5. The molecular formula is C28H24F2N4O7S. The van der Waals surface area contributed by atoms with Gasteiger partial charge in [0.2, 0.25) is 5.43 Å². The van der Waals surface area contributed by atoms with Gasteiger partial charge in [0.1, 0.15) is 17.4 Å². The summed E-state index contributed by atoms with van der Waals surface area (Å²) in [5.74, 6) is -3.61. The van der Waals surface area contributed by atoms with Crippen LogP contribution in [0.2, 0.25) is 0 Å². The molecule has 3 aromatic rings. The van der Waals surface area contributed by atoms with Gasteiger partial charge in [0.05, 0.1) is 59.9 Å². The minimum atomic E-state index is -1.50. The number of imide groups is 1. The average molecular weight is 599 g/mol. The summed E-state index contributed by atoms with van der Waals surface area (Å²) in [5, 5.41) is 13.4. The average Bonchev–Trinajstić information content (AvgIpc) is 3.25. The summed E-state index contributed by atoms with van der Waals surface area (Å²) in [6.45, 7) is 0.277. The number of hydrogen-bond donors (Lipinski definition) is 1. The highest BCUT2D eigenvalue weighted by Gasteiger charge is 2.47. The van der Waals surface area contributed by atoms with Crippen LogP contribution in [-0.2, 0) is 4.84 Å². The first kappa shape index (κ1) is 27.7. The molecule has 3 aliphatic heterocycles. The number of aromatic nitrogens is 1. The Morgan fingerprint density at radius 1 is 1.17 bits per heavy atom. The lowest BCUT2D eigenvalue weighted by Gasteiger charge is -2.25. The van der Waals surface area contributed by atoms with E-state index in [2.05, 4.69) is 5.16 Å². The van der Waals surface area contributed by atoms with Gasteiger partial charge in [0, 0.05) is 19.2 Å². The predicted molar refractivity (Wildman–Crippen MR) is 150 cm³/mol. The van der Waals surface area contributed by atoms with Crippen molar-refractivity contribution in [1.82, 2.24) is 9.47 Å². The third-order valence-electron chi connectivity index (χ3n) is 8.19. The van der Waals surface area contributed by atoms with Crippen molar-refractivity contribution in [2.75, 3.05) is 31.6 Å². The lowest BCUT2D eigenvalue weighted by molar-refractivity contribution is 0.0669. The highest BCUT2D eigenvalue weighted by Crippen LogP contribution is 2.46. The van der Waals surface area contributed by atoms with E-state index in [-0.39, 0.29) is 67.8 Å². The van der Waals surface area contributed by atoms with Crippen molar-refractivity contribution in [2.24, 2.45) is 11.1 Å². The number of hydrogen-bond acceptors (Lipinski definition) is 8. The third-order valence-corrected chi connectivity index (χ3v) is 8.19. The van der Waals surface area contributed by atoms with Gasteiger partial charge in [-0.05, 0) is 18.2 Å². The summed E-state index contributed by atoms with van der Waals surface area (Å²) < 4.78 is 36.9. The molecule has 14 heteroatoms. The molecule has 2 fully saturated rings. The Hall–Kier alpha value is -4.46. The maximum Gasteiger partial charge on any atom is 0.341 e. The second kappa shape index (κ2) is 9.82. The second-order valence-corrected chi connectivity index (χ2v) is 10.5. The van der Waals surface area contributed by atoms with E-state index in [0.717, 1.165) is 17.2 Å². The first-order valence-electron chi connectivity index (χ1n) is 12.9.